The van der Waals surface area contributed by atoms with Gasteiger partial charge in [0.1, 0.15) is 5.82 Å². The lowest BCUT2D eigenvalue weighted by Gasteiger charge is -2.34. The van der Waals surface area contributed by atoms with E-state index < -0.39 is 41.6 Å². The molecule has 2 fully saturated rings. The molecule has 4 atom stereocenters. The van der Waals surface area contributed by atoms with E-state index in [9.17, 15) is 18.8 Å². The molecule has 5 rings (SSSR count). The maximum atomic E-state index is 13.6. The van der Waals surface area contributed by atoms with Gasteiger partial charge in [-0.25, -0.2) is 9.29 Å². The lowest BCUT2D eigenvalue weighted by molar-refractivity contribution is -0.129. The van der Waals surface area contributed by atoms with Gasteiger partial charge in [0.25, 0.3) is 0 Å². The van der Waals surface area contributed by atoms with Crippen LogP contribution in [0.3, 0.4) is 0 Å². The molecule has 0 radical (unpaired) electrons. The van der Waals surface area contributed by atoms with Gasteiger partial charge < -0.3 is 4.90 Å². The van der Waals surface area contributed by atoms with Crippen LogP contribution in [-0.4, -0.2) is 28.5 Å². The molecule has 0 bridgehead atoms. The number of carbonyl (C=O) groups excluding carboxylic acids is 3. The molecule has 2 aromatic carbocycles. The number of imide groups is 1. The minimum absolute atomic E-state index is 0.171. The Bertz CT molecular complexity index is 1110. The fourth-order valence-electron chi connectivity index (χ4n) is 4.90. The summed E-state index contributed by atoms with van der Waals surface area (Å²) in [5.74, 6) is -3.16. The van der Waals surface area contributed by atoms with Crippen LogP contribution < -0.4 is 4.90 Å². The number of hydrogen-bond acceptors (Lipinski definition) is 4. The van der Waals surface area contributed by atoms with E-state index in [0.717, 1.165) is 22.1 Å². The molecular weight excluding hydrogens is 395 g/mol. The van der Waals surface area contributed by atoms with Crippen molar-refractivity contribution in [3.8, 4) is 0 Å². The average molecular weight is 411 g/mol. The Kier molecular flexibility index (Phi) is 3.90. The first-order chi connectivity index (χ1) is 13.9. The van der Waals surface area contributed by atoms with Gasteiger partial charge in [0.05, 0.1) is 34.6 Å². The molecule has 3 aliphatic rings. The number of rotatable bonds is 2. The fourth-order valence-corrected chi connectivity index (χ4v) is 5.07. The Morgan fingerprint density at radius 3 is 2.52 bits per heavy atom. The highest BCUT2D eigenvalue weighted by Crippen LogP contribution is 2.53. The molecule has 0 saturated carbocycles. The van der Waals surface area contributed by atoms with E-state index in [1.807, 2.05) is 35.2 Å². The molecule has 0 aromatic heterocycles. The van der Waals surface area contributed by atoms with Gasteiger partial charge >= 0.3 is 0 Å². The summed E-state index contributed by atoms with van der Waals surface area (Å²) in [7, 11) is 0. The Morgan fingerprint density at radius 1 is 1.07 bits per heavy atom. The molecule has 5 nitrogen and oxygen atoms in total. The number of halogens is 2. The van der Waals surface area contributed by atoms with Crippen molar-refractivity contribution in [3.05, 3.63) is 70.6 Å². The SMILES string of the molecule is CC(=O)[C@H]1[C@@H]2C(=O)N(c3ccc(F)c(Cl)c3)C(=O)[C@@H]2[C@H]2c3ccccc3C=CN21. The van der Waals surface area contributed by atoms with E-state index in [4.69, 9.17) is 11.6 Å². The van der Waals surface area contributed by atoms with Crippen molar-refractivity contribution in [2.75, 3.05) is 4.90 Å². The van der Waals surface area contributed by atoms with Gasteiger partial charge in [0, 0.05) is 6.20 Å². The van der Waals surface area contributed by atoms with Gasteiger partial charge in [0.15, 0.2) is 5.78 Å². The number of fused-ring (bicyclic) bond motifs is 5. The number of carbonyl (C=O) groups is 3. The average Bonchev–Trinajstić information content (AvgIpc) is 3.17. The van der Waals surface area contributed by atoms with Crippen LogP contribution in [0.1, 0.15) is 24.1 Å². The monoisotopic (exact) mass is 410 g/mol. The summed E-state index contributed by atoms with van der Waals surface area (Å²) in [6.07, 6.45) is 3.70. The first-order valence-electron chi connectivity index (χ1n) is 9.28. The van der Waals surface area contributed by atoms with Crippen molar-refractivity contribution in [2.45, 2.75) is 19.0 Å². The van der Waals surface area contributed by atoms with Crippen LogP contribution in [0.2, 0.25) is 5.02 Å². The van der Waals surface area contributed by atoms with Crippen molar-refractivity contribution in [1.29, 1.82) is 0 Å². The number of Topliss-reactive ketones (excluding diaryl/α,β-unsaturated/α-hetero) is 1. The van der Waals surface area contributed by atoms with E-state index in [1.54, 1.807) is 6.20 Å². The largest absolute Gasteiger partial charge is 0.359 e. The van der Waals surface area contributed by atoms with Crippen molar-refractivity contribution in [3.63, 3.8) is 0 Å². The molecule has 0 spiro atoms. The highest BCUT2D eigenvalue weighted by Gasteiger charge is 2.63. The molecule has 2 amide bonds. The van der Waals surface area contributed by atoms with Crippen molar-refractivity contribution >= 4 is 41.0 Å². The van der Waals surface area contributed by atoms with Gasteiger partial charge in [-0.2, -0.15) is 0 Å². The Hall–Kier alpha value is -2.99. The van der Waals surface area contributed by atoms with Crippen LogP contribution in [0, 0.1) is 17.7 Å². The standard InChI is InChI=1S/C22H16ClFN2O3/c1-11(27)19-17-18(20-14-5-3-2-4-12(14)8-9-25(19)20)22(29)26(21(17)28)13-6-7-16(24)15(23)10-13/h2-10,17-20H,1H3/t17-,18+,19+,20-/m1/s1. The number of amides is 2. The summed E-state index contributed by atoms with van der Waals surface area (Å²) in [6, 6.07) is 10.3. The second-order valence-corrected chi connectivity index (χ2v) is 7.96. The summed E-state index contributed by atoms with van der Waals surface area (Å²) in [6.45, 7) is 1.44. The highest BCUT2D eigenvalue weighted by molar-refractivity contribution is 6.31. The smallest absolute Gasteiger partial charge is 0.240 e. The van der Waals surface area contributed by atoms with Crippen LogP contribution in [-0.2, 0) is 14.4 Å². The van der Waals surface area contributed by atoms with E-state index in [1.165, 1.54) is 19.1 Å². The predicted octanol–water partition coefficient (Wildman–Crippen LogP) is 3.58. The second kappa shape index (κ2) is 6.26. The molecule has 3 heterocycles. The number of ketones is 1. The Balaban J connectivity index is 1.65. The van der Waals surface area contributed by atoms with Crippen molar-refractivity contribution in [2.24, 2.45) is 11.8 Å². The number of hydrogen-bond donors (Lipinski definition) is 0. The summed E-state index contributed by atoms with van der Waals surface area (Å²) in [5.41, 5.74) is 2.09. The molecule has 0 aliphatic carbocycles. The van der Waals surface area contributed by atoms with Crippen LogP contribution in [0.25, 0.3) is 6.08 Å². The topological polar surface area (TPSA) is 57.7 Å². The number of anilines is 1. The minimum Gasteiger partial charge on any atom is -0.359 e. The third-order valence-electron chi connectivity index (χ3n) is 6.04. The lowest BCUT2D eigenvalue weighted by Crippen LogP contribution is -2.43. The van der Waals surface area contributed by atoms with E-state index in [2.05, 4.69) is 0 Å². The van der Waals surface area contributed by atoms with Crippen molar-refractivity contribution < 1.29 is 18.8 Å². The first kappa shape index (κ1) is 18.1. The minimum atomic E-state index is -0.801. The van der Waals surface area contributed by atoms with Crippen LogP contribution in [0.15, 0.2) is 48.7 Å². The summed E-state index contributed by atoms with van der Waals surface area (Å²) < 4.78 is 13.6. The maximum absolute atomic E-state index is 13.6. The molecule has 0 N–H and O–H groups in total. The third kappa shape index (κ3) is 2.42. The second-order valence-electron chi connectivity index (χ2n) is 7.55. The van der Waals surface area contributed by atoms with E-state index in [-0.39, 0.29) is 16.5 Å². The summed E-state index contributed by atoms with van der Waals surface area (Å²) >= 11 is 5.87. The number of nitrogens with zero attached hydrogens (tertiary/aromatic N) is 2. The van der Waals surface area contributed by atoms with Gasteiger partial charge in [-0.3, -0.25) is 14.4 Å². The Morgan fingerprint density at radius 2 is 1.79 bits per heavy atom. The molecule has 7 heteroatoms. The fraction of sp³-hybridized carbons (Fsp3) is 0.227. The zero-order valence-corrected chi connectivity index (χ0v) is 16.1. The van der Waals surface area contributed by atoms with Gasteiger partial charge in [0.2, 0.25) is 11.8 Å². The third-order valence-corrected chi connectivity index (χ3v) is 6.33. The highest BCUT2D eigenvalue weighted by atomic mass is 35.5. The van der Waals surface area contributed by atoms with Gasteiger partial charge in [-0.1, -0.05) is 35.9 Å². The zero-order valence-electron chi connectivity index (χ0n) is 15.4. The maximum Gasteiger partial charge on any atom is 0.240 e. The Labute approximate surface area is 171 Å². The molecule has 3 aliphatic heterocycles. The molecule has 0 unspecified atom stereocenters. The normalized spacial score (nSPS) is 27.1. The van der Waals surface area contributed by atoms with Gasteiger partial charge in [-0.05, 0) is 42.3 Å². The zero-order chi connectivity index (χ0) is 20.4. The van der Waals surface area contributed by atoms with Gasteiger partial charge in [-0.15, -0.1) is 0 Å². The van der Waals surface area contributed by atoms with Crippen LogP contribution in [0.4, 0.5) is 10.1 Å². The van der Waals surface area contributed by atoms with Crippen LogP contribution in [0.5, 0.6) is 0 Å². The summed E-state index contributed by atoms with van der Waals surface area (Å²) in [5, 5.41) is -0.171. The first-order valence-corrected chi connectivity index (χ1v) is 9.66. The van der Waals surface area contributed by atoms with Crippen molar-refractivity contribution in [1.82, 2.24) is 4.90 Å². The van der Waals surface area contributed by atoms with Crippen LogP contribution >= 0.6 is 11.6 Å². The quantitative estimate of drug-likeness (QED) is 0.710. The molecule has 2 saturated heterocycles. The molecule has 2 aromatic rings. The lowest BCUT2D eigenvalue weighted by atomic mass is 9.84. The van der Waals surface area contributed by atoms with E-state index >= 15 is 0 Å². The summed E-state index contributed by atoms with van der Waals surface area (Å²) in [4.78, 5) is 42.2. The molecule has 146 valence electrons. The molecular formula is C22H16ClFN2O3. The van der Waals surface area contributed by atoms with E-state index in [0.29, 0.717) is 0 Å². The molecule has 29 heavy (non-hydrogen) atoms. The predicted molar refractivity (Wildman–Crippen MR) is 105 cm³/mol. The number of benzene rings is 2.